The summed E-state index contributed by atoms with van der Waals surface area (Å²) in [4.78, 5) is 10.7. The second-order valence-corrected chi connectivity index (χ2v) is 4.97. The van der Waals surface area contributed by atoms with Crippen molar-refractivity contribution in [2.75, 3.05) is 7.05 Å². The Hall–Kier alpha value is -1.75. The molecule has 2 aromatic heterocycles. The molecule has 0 fully saturated rings. The molecule has 0 aliphatic rings. The zero-order valence-electron chi connectivity index (χ0n) is 11.9. The summed E-state index contributed by atoms with van der Waals surface area (Å²) in [5.74, 6) is 0.899. The summed E-state index contributed by atoms with van der Waals surface area (Å²) >= 11 is 0. The quantitative estimate of drug-likeness (QED) is 0.824. The highest BCUT2D eigenvalue weighted by molar-refractivity contribution is 5.20. The van der Waals surface area contributed by atoms with Gasteiger partial charge in [-0.3, -0.25) is 14.9 Å². The molecule has 1 atom stereocenters. The van der Waals surface area contributed by atoms with E-state index in [1.807, 2.05) is 20.0 Å². The first kappa shape index (κ1) is 13.7. The van der Waals surface area contributed by atoms with Gasteiger partial charge in [0.15, 0.2) is 0 Å². The van der Waals surface area contributed by atoms with Crippen LogP contribution in [-0.4, -0.2) is 33.1 Å². The predicted octanol–water partition coefficient (Wildman–Crippen LogP) is 2.14. The highest BCUT2D eigenvalue weighted by atomic mass is 16.5. The second kappa shape index (κ2) is 5.93. The molecule has 2 rings (SSSR count). The molecule has 0 spiro atoms. The van der Waals surface area contributed by atoms with E-state index in [0.29, 0.717) is 6.04 Å². The van der Waals surface area contributed by atoms with Gasteiger partial charge < -0.3 is 4.52 Å². The van der Waals surface area contributed by atoms with E-state index in [4.69, 9.17) is 4.52 Å². The monoisotopic (exact) mass is 260 g/mol. The van der Waals surface area contributed by atoms with Crippen LogP contribution >= 0.6 is 0 Å². The second-order valence-electron chi connectivity index (χ2n) is 4.97. The van der Waals surface area contributed by atoms with Crippen LogP contribution in [0.25, 0.3) is 0 Å². The zero-order chi connectivity index (χ0) is 13.8. The van der Waals surface area contributed by atoms with Crippen molar-refractivity contribution >= 4 is 0 Å². The Balaban J connectivity index is 1.98. The summed E-state index contributed by atoms with van der Waals surface area (Å²) in [6, 6.07) is 0.380. The molecule has 2 heterocycles. The lowest BCUT2D eigenvalue weighted by molar-refractivity contribution is 0.245. The molecule has 2 aromatic rings. The van der Waals surface area contributed by atoms with Crippen LogP contribution in [0.2, 0.25) is 0 Å². The molecule has 0 aliphatic heterocycles. The summed E-state index contributed by atoms with van der Waals surface area (Å²) in [5.41, 5.74) is 3.16. The largest absolute Gasteiger partial charge is 0.361 e. The number of nitrogens with zero attached hydrogens (tertiary/aromatic N) is 4. The molecule has 5 heteroatoms. The Morgan fingerprint density at radius 2 is 2.11 bits per heavy atom. The highest BCUT2D eigenvalue weighted by Crippen LogP contribution is 2.16. The van der Waals surface area contributed by atoms with Crippen LogP contribution in [0.1, 0.15) is 29.6 Å². The molecule has 0 saturated carbocycles. The lowest BCUT2D eigenvalue weighted by atomic mass is 10.1. The number of likely N-dealkylation sites (N-methyl/N-ethyl adjacent to an activating group) is 1. The van der Waals surface area contributed by atoms with E-state index in [2.05, 4.69) is 34.0 Å². The number of hydrogen-bond acceptors (Lipinski definition) is 5. The minimum atomic E-state index is 0.380. The SMILES string of the molecule is Cc1noc(C)c1CN(C)[C@H](C)Cc1cnccn1. The summed E-state index contributed by atoms with van der Waals surface area (Å²) in [6.07, 6.45) is 6.13. The van der Waals surface area contributed by atoms with E-state index < -0.39 is 0 Å². The Labute approximate surface area is 113 Å². The van der Waals surface area contributed by atoms with E-state index in [9.17, 15) is 0 Å². The van der Waals surface area contributed by atoms with Gasteiger partial charge >= 0.3 is 0 Å². The van der Waals surface area contributed by atoms with Gasteiger partial charge in [0.2, 0.25) is 0 Å². The maximum atomic E-state index is 5.20. The van der Waals surface area contributed by atoms with E-state index in [-0.39, 0.29) is 0 Å². The average Bonchev–Trinajstić information content (AvgIpc) is 2.71. The van der Waals surface area contributed by atoms with Crippen molar-refractivity contribution in [3.05, 3.63) is 41.3 Å². The molecular weight excluding hydrogens is 240 g/mol. The highest BCUT2D eigenvalue weighted by Gasteiger charge is 2.16. The van der Waals surface area contributed by atoms with Gasteiger partial charge in [0, 0.05) is 43.2 Å². The molecule has 0 radical (unpaired) electrons. The standard InChI is InChI=1S/C14H20N4O/c1-10(7-13-8-15-5-6-16-13)18(4)9-14-11(2)17-19-12(14)3/h5-6,8,10H,7,9H2,1-4H3/t10-/m1/s1. The fourth-order valence-electron chi connectivity index (χ4n) is 2.03. The van der Waals surface area contributed by atoms with Gasteiger partial charge in [-0.25, -0.2) is 0 Å². The van der Waals surface area contributed by atoms with Crippen LogP contribution in [-0.2, 0) is 13.0 Å². The molecule has 0 saturated heterocycles. The van der Waals surface area contributed by atoms with E-state index in [0.717, 1.165) is 30.1 Å². The van der Waals surface area contributed by atoms with Crippen LogP contribution in [0.15, 0.2) is 23.1 Å². The van der Waals surface area contributed by atoms with Crippen LogP contribution in [0.4, 0.5) is 0 Å². The Bertz CT molecular complexity index is 504. The Morgan fingerprint density at radius 1 is 1.32 bits per heavy atom. The van der Waals surface area contributed by atoms with Gasteiger partial charge in [-0.15, -0.1) is 0 Å². The molecule has 0 unspecified atom stereocenters. The maximum absolute atomic E-state index is 5.20. The molecule has 0 aromatic carbocycles. The fraction of sp³-hybridized carbons (Fsp3) is 0.500. The normalized spacial score (nSPS) is 12.9. The van der Waals surface area contributed by atoms with Crippen LogP contribution in [0.3, 0.4) is 0 Å². The van der Waals surface area contributed by atoms with Gasteiger partial charge in [0.25, 0.3) is 0 Å². The van der Waals surface area contributed by atoms with Gasteiger partial charge in [-0.2, -0.15) is 0 Å². The van der Waals surface area contributed by atoms with Crippen molar-refractivity contribution in [3.8, 4) is 0 Å². The Kier molecular flexibility index (Phi) is 4.27. The summed E-state index contributed by atoms with van der Waals surface area (Å²) in [6.45, 7) is 6.96. The third kappa shape index (κ3) is 3.38. The number of aryl methyl sites for hydroxylation is 2. The summed E-state index contributed by atoms with van der Waals surface area (Å²) in [7, 11) is 2.10. The Morgan fingerprint density at radius 3 is 2.68 bits per heavy atom. The van der Waals surface area contributed by atoms with Crippen molar-refractivity contribution in [1.82, 2.24) is 20.0 Å². The summed E-state index contributed by atoms with van der Waals surface area (Å²) in [5, 5.41) is 3.99. The lowest BCUT2D eigenvalue weighted by Gasteiger charge is -2.24. The predicted molar refractivity (Wildman–Crippen MR) is 72.6 cm³/mol. The van der Waals surface area contributed by atoms with Gasteiger partial charge in [0.1, 0.15) is 5.76 Å². The summed E-state index contributed by atoms with van der Waals surface area (Å²) < 4.78 is 5.20. The van der Waals surface area contributed by atoms with Crippen molar-refractivity contribution < 1.29 is 4.52 Å². The van der Waals surface area contributed by atoms with Crippen molar-refractivity contribution in [1.29, 1.82) is 0 Å². The first-order valence-corrected chi connectivity index (χ1v) is 6.44. The first-order chi connectivity index (χ1) is 9.08. The number of hydrogen-bond donors (Lipinski definition) is 0. The van der Waals surface area contributed by atoms with Crippen molar-refractivity contribution in [3.63, 3.8) is 0 Å². The molecule has 0 aliphatic carbocycles. The number of rotatable bonds is 5. The van der Waals surface area contributed by atoms with Crippen LogP contribution in [0.5, 0.6) is 0 Å². The average molecular weight is 260 g/mol. The minimum absolute atomic E-state index is 0.380. The van der Waals surface area contributed by atoms with Crippen molar-refractivity contribution in [2.45, 2.75) is 39.8 Å². The van der Waals surface area contributed by atoms with E-state index >= 15 is 0 Å². The van der Waals surface area contributed by atoms with E-state index in [1.54, 1.807) is 12.4 Å². The molecule has 5 nitrogen and oxygen atoms in total. The van der Waals surface area contributed by atoms with E-state index in [1.165, 1.54) is 5.56 Å². The molecule has 0 amide bonds. The van der Waals surface area contributed by atoms with Crippen molar-refractivity contribution in [2.24, 2.45) is 0 Å². The van der Waals surface area contributed by atoms with Gasteiger partial charge in [-0.05, 0) is 27.8 Å². The van der Waals surface area contributed by atoms with Gasteiger partial charge in [0.05, 0.1) is 11.4 Å². The zero-order valence-corrected chi connectivity index (χ0v) is 11.9. The van der Waals surface area contributed by atoms with Crippen LogP contribution in [0, 0.1) is 13.8 Å². The molecule has 19 heavy (non-hydrogen) atoms. The van der Waals surface area contributed by atoms with Gasteiger partial charge in [-0.1, -0.05) is 5.16 Å². The molecule has 0 bridgehead atoms. The fourth-order valence-corrected chi connectivity index (χ4v) is 2.03. The minimum Gasteiger partial charge on any atom is -0.361 e. The first-order valence-electron chi connectivity index (χ1n) is 6.44. The smallest absolute Gasteiger partial charge is 0.138 e. The third-order valence-corrected chi connectivity index (χ3v) is 3.46. The molecular formula is C14H20N4O. The van der Waals surface area contributed by atoms with Crippen LogP contribution < -0.4 is 0 Å². The lowest BCUT2D eigenvalue weighted by Crippen LogP contribution is -2.31. The topological polar surface area (TPSA) is 55.1 Å². The third-order valence-electron chi connectivity index (χ3n) is 3.46. The number of aromatic nitrogens is 3. The maximum Gasteiger partial charge on any atom is 0.138 e. The molecule has 102 valence electrons. The molecule has 0 N–H and O–H groups in total.